The van der Waals surface area contributed by atoms with Gasteiger partial charge in [0.1, 0.15) is 18.7 Å². The lowest BCUT2D eigenvalue weighted by Crippen LogP contribution is -2.30. The fraction of sp³-hybridized carbons (Fsp3) is 0.296. The summed E-state index contributed by atoms with van der Waals surface area (Å²) in [6.45, 7) is -1.41. The van der Waals surface area contributed by atoms with Gasteiger partial charge in [0, 0.05) is 34.2 Å². The molecule has 0 N–H and O–H groups in total. The molecule has 2 atom stereocenters. The first-order valence-corrected chi connectivity index (χ1v) is 14.4. The van der Waals surface area contributed by atoms with Gasteiger partial charge >= 0.3 is 6.61 Å². The van der Waals surface area contributed by atoms with Crippen LogP contribution in [0.1, 0.15) is 49.9 Å². The van der Waals surface area contributed by atoms with Crippen molar-refractivity contribution in [3.05, 3.63) is 70.9 Å². The van der Waals surface area contributed by atoms with E-state index in [0.29, 0.717) is 22.2 Å². The highest BCUT2D eigenvalue weighted by atomic mass is 31.2. The molecule has 0 aliphatic carbocycles. The van der Waals surface area contributed by atoms with Gasteiger partial charge in [-0.1, -0.05) is 12.1 Å². The zero-order chi connectivity index (χ0) is 29.6. The molecule has 2 aliphatic heterocycles. The number of amides is 1. The number of rotatable bonds is 4. The summed E-state index contributed by atoms with van der Waals surface area (Å²) in [6.07, 6.45) is 0.0756. The van der Waals surface area contributed by atoms with Crippen LogP contribution < -0.4 is 10.0 Å². The Hall–Kier alpha value is -3.65. The number of pyridine rings is 1. The maximum absolute atomic E-state index is 15.0. The zero-order valence-corrected chi connectivity index (χ0v) is 21.5. The normalized spacial score (nSPS) is 20.1. The van der Waals surface area contributed by atoms with Crippen molar-refractivity contribution in [3.63, 3.8) is 0 Å². The van der Waals surface area contributed by atoms with Crippen LogP contribution in [0.3, 0.4) is 0 Å². The molecule has 0 saturated carbocycles. The number of aromatic nitrogens is 3. The van der Waals surface area contributed by atoms with Crippen molar-refractivity contribution in [3.8, 4) is 17.0 Å². The van der Waals surface area contributed by atoms with Gasteiger partial charge in [-0.3, -0.25) is 4.79 Å². The number of nitrogens with zero attached hydrogens (tertiary/aromatic N) is 4. The van der Waals surface area contributed by atoms with E-state index in [4.69, 9.17) is 8.85 Å². The average Bonchev–Trinajstić information content (AvgIpc) is 3.34. The Morgan fingerprint density at radius 2 is 1.95 bits per heavy atom. The summed E-state index contributed by atoms with van der Waals surface area (Å²) in [5.74, 6) is -1.60. The fourth-order valence-corrected chi connectivity index (χ4v) is 7.10. The number of carbonyl (C=O) groups excluding carboxylic acids is 1. The van der Waals surface area contributed by atoms with Crippen LogP contribution in [0.2, 0.25) is 0 Å². The Morgan fingerprint density at radius 1 is 1.16 bits per heavy atom. The largest absolute Gasteiger partial charge is 0.434 e. The molecule has 0 spiro atoms. The monoisotopic (exact) mass is 543 g/mol. The predicted molar refractivity (Wildman–Crippen MR) is 137 cm³/mol. The molecule has 0 saturated heterocycles. The van der Waals surface area contributed by atoms with E-state index in [2.05, 4.69) is 9.97 Å². The van der Waals surface area contributed by atoms with Gasteiger partial charge in [0.25, 0.3) is 5.91 Å². The number of ether oxygens (including phenoxy) is 1. The first-order valence-electron chi connectivity index (χ1n) is 13.3. The smallest absolute Gasteiger partial charge is 0.387 e. The van der Waals surface area contributed by atoms with Gasteiger partial charge in [0.15, 0.2) is 0 Å². The maximum atomic E-state index is 15.0. The lowest BCUT2D eigenvalue weighted by atomic mass is 9.97. The van der Waals surface area contributed by atoms with E-state index in [9.17, 15) is 18.1 Å². The van der Waals surface area contributed by atoms with Crippen molar-refractivity contribution in [1.82, 2.24) is 19.4 Å². The Labute approximate surface area is 220 Å². The minimum absolute atomic E-state index is 0.0473. The molecule has 6 rings (SSSR count). The third-order valence-electron chi connectivity index (χ3n) is 7.12. The summed E-state index contributed by atoms with van der Waals surface area (Å²) in [5.41, 5.74) is 2.36. The molecule has 2 aliphatic rings. The molecule has 38 heavy (non-hydrogen) atoms. The molecule has 4 aromatic rings. The molecule has 196 valence electrons. The highest BCUT2D eigenvalue weighted by molar-refractivity contribution is 7.70. The lowest BCUT2D eigenvalue weighted by molar-refractivity contribution is -0.0507. The Bertz CT molecular complexity index is 1780. The van der Waals surface area contributed by atoms with Crippen LogP contribution in [0.15, 0.2) is 42.5 Å². The summed E-state index contributed by atoms with van der Waals surface area (Å²) in [7, 11) is -2.93. The maximum Gasteiger partial charge on any atom is 0.387 e. The quantitative estimate of drug-likeness (QED) is 0.251. The molecule has 7 nitrogen and oxygen atoms in total. The second-order valence-electron chi connectivity index (χ2n) is 9.90. The van der Waals surface area contributed by atoms with Crippen molar-refractivity contribution in [2.75, 3.05) is 20.3 Å². The number of aryl methyl sites for hydroxylation is 1. The Balaban J connectivity index is 1.59. The lowest BCUT2D eigenvalue weighted by Gasteiger charge is -2.24. The number of alkyl halides is 2. The summed E-state index contributed by atoms with van der Waals surface area (Å²) in [4.78, 5) is 23.1. The Kier molecular flexibility index (Phi) is 4.72. The van der Waals surface area contributed by atoms with Crippen LogP contribution in [0.4, 0.5) is 13.2 Å². The van der Waals surface area contributed by atoms with Crippen LogP contribution in [0.5, 0.6) is 5.75 Å². The zero-order valence-electron chi connectivity index (χ0n) is 23.6. The number of hydrogen-bond donors (Lipinski definition) is 0. The standard InChI is InChI=1S/C27H24F3N4O3P/c1-13-10-17(31-24(28)23(13)38(3,4)36)14-8-9-16-18(11-14)34-19-12-20(25(34)32-16)33(2)26(35)15-6-5-7-21(22(15)19)37-27(29)30/h5-11,19-20,27H,12H2,1-4H3/t19-,20-/m1/s1/i2D3. The van der Waals surface area contributed by atoms with E-state index in [0.717, 1.165) is 4.90 Å². The molecular weight excluding hydrogens is 516 g/mol. The number of imidazole rings is 1. The fourth-order valence-electron chi connectivity index (χ4n) is 5.69. The van der Waals surface area contributed by atoms with Crippen LogP contribution in [0, 0.1) is 12.9 Å². The second-order valence-corrected chi connectivity index (χ2v) is 13.0. The average molecular weight is 544 g/mol. The number of fused-ring (bicyclic) bond motifs is 9. The van der Waals surface area contributed by atoms with Gasteiger partial charge in [0.2, 0.25) is 5.95 Å². The van der Waals surface area contributed by atoms with Crippen molar-refractivity contribution in [2.24, 2.45) is 0 Å². The number of halogens is 3. The third-order valence-corrected chi connectivity index (χ3v) is 8.74. The molecule has 2 aromatic heterocycles. The molecule has 11 heteroatoms. The van der Waals surface area contributed by atoms with E-state index < -0.39 is 44.7 Å². The van der Waals surface area contributed by atoms with E-state index in [-0.39, 0.29) is 40.1 Å². The van der Waals surface area contributed by atoms with E-state index >= 15 is 4.39 Å². The van der Waals surface area contributed by atoms with E-state index in [1.807, 2.05) is 0 Å². The van der Waals surface area contributed by atoms with Crippen molar-refractivity contribution in [2.45, 2.75) is 32.0 Å². The number of carbonyl (C=O) groups is 1. The van der Waals surface area contributed by atoms with Gasteiger partial charge in [-0.05, 0) is 56.1 Å². The van der Waals surface area contributed by atoms with Gasteiger partial charge in [-0.15, -0.1) is 0 Å². The van der Waals surface area contributed by atoms with Crippen LogP contribution in [-0.4, -0.2) is 52.3 Å². The molecule has 2 aromatic carbocycles. The predicted octanol–water partition coefficient (Wildman–Crippen LogP) is 5.52. The summed E-state index contributed by atoms with van der Waals surface area (Å²) in [6, 6.07) is 9.06. The van der Waals surface area contributed by atoms with Crippen molar-refractivity contribution in [1.29, 1.82) is 0 Å². The number of benzene rings is 2. The first-order chi connectivity index (χ1) is 19.2. The summed E-state index contributed by atoms with van der Waals surface area (Å²) in [5, 5.41) is 0.0789. The summed E-state index contributed by atoms with van der Waals surface area (Å²) >= 11 is 0. The van der Waals surface area contributed by atoms with Crippen LogP contribution >= 0.6 is 7.14 Å². The molecule has 0 radical (unpaired) electrons. The SMILES string of the molecule is [2H]C([2H])([2H])N1C(=O)c2cccc(OC(F)F)c2[C@H]2C[C@@H]1c1nc3ccc(-c4cc(C)c(P(C)(C)=O)c(F)n4)cc3n12. The first kappa shape index (κ1) is 21.3. The topological polar surface area (TPSA) is 77.3 Å². The van der Waals surface area contributed by atoms with Gasteiger partial charge in [-0.25, -0.2) is 9.97 Å². The van der Waals surface area contributed by atoms with Crippen LogP contribution in [0.25, 0.3) is 22.3 Å². The highest BCUT2D eigenvalue weighted by Crippen LogP contribution is 2.50. The van der Waals surface area contributed by atoms with Crippen molar-refractivity contribution < 1.29 is 31.4 Å². The number of hydrogen-bond acceptors (Lipinski definition) is 5. The van der Waals surface area contributed by atoms with Gasteiger partial charge < -0.3 is 18.8 Å². The van der Waals surface area contributed by atoms with Crippen molar-refractivity contribution >= 4 is 29.4 Å². The Morgan fingerprint density at radius 3 is 2.63 bits per heavy atom. The minimum atomic E-state index is -3.17. The molecule has 0 unspecified atom stereocenters. The van der Waals surface area contributed by atoms with Gasteiger partial charge in [-0.2, -0.15) is 13.2 Å². The summed E-state index contributed by atoms with van der Waals surface area (Å²) < 4.78 is 85.4. The second kappa shape index (κ2) is 8.43. The molecule has 2 bridgehead atoms. The highest BCUT2D eigenvalue weighted by Gasteiger charge is 2.45. The van der Waals surface area contributed by atoms with Crippen LogP contribution in [-0.2, 0) is 4.57 Å². The molecule has 4 heterocycles. The third kappa shape index (κ3) is 3.65. The molecule has 0 fully saturated rings. The van der Waals surface area contributed by atoms with E-state index in [1.165, 1.54) is 31.5 Å². The minimum Gasteiger partial charge on any atom is -0.434 e. The molecule has 1 amide bonds. The molecular formula is C27H24F3N4O3P. The van der Waals surface area contributed by atoms with E-state index in [1.54, 1.807) is 35.8 Å². The van der Waals surface area contributed by atoms with Gasteiger partial charge in [0.05, 0.1) is 34.1 Å².